The lowest BCUT2D eigenvalue weighted by Gasteiger charge is -2.30. The molecule has 0 aliphatic heterocycles. The van der Waals surface area contributed by atoms with Gasteiger partial charge in [0.15, 0.2) is 0 Å². The second kappa shape index (κ2) is 5.57. The average molecular weight is 231 g/mol. The summed E-state index contributed by atoms with van der Waals surface area (Å²) >= 11 is 6.41. The highest BCUT2D eigenvalue weighted by molar-refractivity contribution is 6.21. The van der Waals surface area contributed by atoms with E-state index >= 15 is 0 Å². The molecule has 0 amide bonds. The average Bonchev–Trinajstić information content (AvgIpc) is 2.12. The van der Waals surface area contributed by atoms with Crippen molar-refractivity contribution >= 4 is 11.6 Å². The van der Waals surface area contributed by atoms with Crippen LogP contribution in [0.3, 0.4) is 0 Å². The van der Waals surface area contributed by atoms with Crippen molar-refractivity contribution in [2.45, 2.75) is 71.6 Å². The molecule has 1 heteroatoms. The minimum atomic E-state index is 0.266. The molecule has 1 aliphatic carbocycles. The Bertz CT molecular complexity index is 180. The first kappa shape index (κ1) is 13.4. The third kappa shape index (κ3) is 4.76. The van der Waals surface area contributed by atoms with Crippen LogP contribution in [-0.4, -0.2) is 5.38 Å². The molecule has 0 heterocycles. The van der Waals surface area contributed by atoms with Crippen LogP contribution in [-0.2, 0) is 0 Å². The minimum absolute atomic E-state index is 0.266. The van der Waals surface area contributed by atoms with Gasteiger partial charge < -0.3 is 0 Å². The van der Waals surface area contributed by atoms with Crippen LogP contribution in [0, 0.1) is 17.3 Å². The van der Waals surface area contributed by atoms with Crippen molar-refractivity contribution in [1.82, 2.24) is 0 Å². The first-order chi connectivity index (χ1) is 6.89. The van der Waals surface area contributed by atoms with Crippen LogP contribution in [0.5, 0.6) is 0 Å². The molecule has 1 fully saturated rings. The molecule has 0 aromatic carbocycles. The predicted molar refractivity (Wildman–Crippen MR) is 69.5 cm³/mol. The molecule has 3 unspecified atom stereocenters. The maximum Gasteiger partial charge on any atom is 0.0384 e. The monoisotopic (exact) mass is 230 g/mol. The summed E-state index contributed by atoms with van der Waals surface area (Å²) < 4.78 is 0. The number of hydrogen-bond acceptors (Lipinski definition) is 0. The molecule has 1 aliphatic rings. The van der Waals surface area contributed by atoms with Gasteiger partial charge in [0.25, 0.3) is 0 Å². The number of hydrogen-bond donors (Lipinski definition) is 0. The zero-order valence-corrected chi connectivity index (χ0v) is 11.6. The van der Waals surface area contributed by atoms with E-state index < -0.39 is 0 Å². The van der Waals surface area contributed by atoms with Gasteiger partial charge in [0.05, 0.1) is 0 Å². The molecule has 0 saturated heterocycles. The number of rotatable bonds is 3. The first-order valence-corrected chi connectivity index (χ1v) is 6.97. The summed E-state index contributed by atoms with van der Waals surface area (Å²) in [6.07, 6.45) is 8.30. The van der Waals surface area contributed by atoms with E-state index in [1.54, 1.807) is 0 Å². The third-order valence-electron chi connectivity index (χ3n) is 3.81. The molecule has 0 aromatic rings. The van der Waals surface area contributed by atoms with Gasteiger partial charge in [-0.25, -0.2) is 0 Å². The summed E-state index contributed by atoms with van der Waals surface area (Å²) in [4.78, 5) is 0. The van der Waals surface area contributed by atoms with Gasteiger partial charge in [0, 0.05) is 5.38 Å². The fourth-order valence-electron chi connectivity index (χ4n) is 2.64. The fourth-order valence-corrected chi connectivity index (χ4v) is 2.76. The van der Waals surface area contributed by atoms with Crippen molar-refractivity contribution in [2.24, 2.45) is 17.3 Å². The maximum atomic E-state index is 6.41. The minimum Gasteiger partial charge on any atom is -0.122 e. The Kier molecular flexibility index (Phi) is 4.96. The fraction of sp³-hybridized carbons (Fsp3) is 1.00. The van der Waals surface area contributed by atoms with E-state index in [9.17, 15) is 0 Å². The molecular weight excluding hydrogens is 204 g/mol. The van der Waals surface area contributed by atoms with Crippen molar-refractivity contribution in [3.63, 3.8) is 0 Å². The van der Waals surface area contributed by atoms with E-state index in [-0.39, 0.29) is 5.41 Å². The molecule has 15 heavy (non-hydrogen) atoms. The molecule has 1 saturated carbocycles. The van der Waals surface area contributed by atoms with Crippen molar-refractivity contribution in [3.05, 3.63) is 0 Å². The van der Waals surface area contributed by atoms with Crippen LogP contribution in [0.1, 0.15) is 66.2 Å². The van der Waals surface area contributed by atoms with Gasteiger partial charge in [-0.15, -0.1) is 11.6 Å². The van der Waals surface area contributed by atoms with Gasteiger partial charge in [0.1, 0.15) is 0 Å². The summed E-state index contributed by atoms with van der Waals surface area (Å²) in [5.74, 6) is 1.91. The van der Waals surface area contributed by atoms with Gasteiger partial charge >= 0.3 is 0 Å². The second-order valence-corrected chi connectivity index (χ2v) is 7.08. The quantitative estimate of drug-likeness (QED) is 0.582. The molecule has 0 spiro atoms. The van der Waals surface area contributed by atoms with E-state index in [0.29, 0.717) is 5.38 Å². The van der Waals surface area contributed by atoms with Crippen molar-refractivity contribution in [3.8, 4) is 0 Å². The Morgan fingerprint density at radius 2 is 1.93 bits per heavy atom. The highest BCUT2D eigenvalue weighted by Crippen LogP contribution is 2.35. The molecule has 0 nitrogen and oxygen atoms in total. The van der Waals surface area contributed by atoms with E-state index in [1.807, 2.05) is 0 Å². The SMILES string of the molecule is CC1CCCC(CCC(Cl)C(C)(C)C)C1. The van der Waals surface area contributed by atoms with Gasteiger partial charge in [-0.2, -0.15) is 0 Å². The van der Waals surface area contributed by atoms with Crippen LogP contribution in [0.15, 0.2) is 0 Å². The van der Waals surface area contributed by atoms with Crippen LogP contribution < -0.4 is 0 Å². The lowest BCUT2D eigenvalue weighted by atomic mass is 9.78. The maximum absolute atomic E-state index is 6.41. The van der Waals surface area contributed by atoms with Crippen LogP contribution in [0.2, 0.25) is 0 Å². The van der Waals surface area contributed by atoms with Crippen LogP contribution in [0.4, 0.5) is 0 Å². The largest absolute Gasteiger partial charge is 0.122 e. The smallest absolute Gasteiger partial charge is 0.0384 e. The van der Waals surface area contributed by atoms with Gasteiger partial charge in [-0.3, -0.25) is 0 Å². The summed E-state index contributed by atoms with van der Waals surface area (Å²) in [6.45, 7) is 9.13. The molecule has 1 rings (SSSR count). The Morgan fingerprint density at radius 3 is 2.47 bits per heavy atom. The Morgan fingerprint density at radius 1 is 1.27 bits per heavy atom. The normalized spacial score (nSPS) is 30.2. The lowest BCUT2D eigenvalue weighted by Crippen LogP contribution is -2.22. The van der Waals surface area contributed by atoms with Crippen molar-refractivity contribution in [1.29, 1.82) is 0 Å². The third-order valence-corrected chi connectivity index (χ3v) is 4.69. The zero-order valence-electron chi connectivity index (χ0n) is 10.9. The van der Waals surface area contributed by atoms with E-state index in [4.69, 9.17) is 11.6 Å². The Balaban J connectivity index is 2.24. The molecule has 0 aromatic heterocycles. The van der Waals surface area contributed by atoms with E-state index in [0.717, 1.165) is 11.8 Å². The number of halogens is 1. The molecule has 90 valence electrons. The summed E-state index contributed by atoms with van der Waals surface area (Å²) in [5.41, 5.74) is 0.266. The molecule has 0 bridgehead atoms. The van der Waals surface area contributed by atoms with Gasteiger partial charge in [-0.05, 0) is 36.5 Å². The molecule has 0 N–H and O–H groups in total. The zero-order chi connectivity index (χ0) is 11.5. The Labute approximate surface area is 101 Å². The number of alkyl halides is 1. The van der Waals surface area contributed by atoms with E-state index in [2.05, 4.69) is 27.7 Å². The van der Waals surface area contributed by atoms with Crippen molar-refractivity contribution in [2.75, 3.05) is 0 Å². The highest BCUT2D eigenvalue weighted by atomic mass is 35.5. The van der Waals surface area contributed by atoms with Crippen LogP contribution in [0.25, 0.3) is 0 Å². The molecular formula is C14H27Cl. The summed E-state index contributed by atoms with van der Waals surface area (Å²) in [5, 5.41) is 0.342. The molecule has 3 atom stereocenters. The lowest BCUT2D eigenvalue weighted by molar-refractivity contribution is 0.252. The van der Waals surface area contributed by atoms with Crippen LogP contribution >= 0.6 is 11.6 Å². The summed E-state index contributed by atoms with van der Waals surface area (Å²) in [7, 11) is 0. The van der Waals surface area contributed by atoms with Crippen molar-refractivity contribution < 1.29 is 0 Å². The first-order valence-electron chi connectivity index (χ1n) is 6.53. The Hall–Kier alpha value is 0.290. The highest BCUT2D eigenvalue weighted by Gasteiger charge is 2.24. The predicted octanol–water partition coefficient (Wildman–Crippen LogP) is 5.25. The van der Waals surface area contributed by atoms with E-state index in [1.165, 1.54) is 38.5 Å². The van der Waals surface area contributed by atoms with Gasteiger partial charge in [-0.1, -0.05) is 47.0 Å². The standard InChI is InChI=1S/C14H27Cl/c1-11-6-5-7-12(10-11)8-9-13(15)14(2,3)4/h11-13H,5-10H2,1-4H3. The molecule has 0 radical (unpaired) electrons. The second-order valence-electron chi connectivity index (χ2n) is 6.55. The topological polar surface area (TPSA) is 0 Å². The summed E-state index contributed by atoms with van der Waals surface area (Å²) in [6, 6.07) is 0. The van der Waals surface area contributed by atoms with Gasteiger partial charge in [0.2, 0.25) is 0 Å².